The average Bonchev–Trinajstić information content (AvgIpc) is 2.56. The minimum absolute atomic E-state index is 0.268. The monoisotopic (exact) mass is 254 g/mol. The maximum atomic E-state index is 13.5. The molecule has 0 bridgehead atoms. The van der Waals surface area contributed by atoms with Gasteiger partial charge < -0.3 is 10.8 Å². The van der Waals surface area contributed by atoms with Gasteiger partial charge in [0.15, 0.2) is 0 Å². The molecule has 2 rings (SSSR count). The summed E-state index contributed by atoms with van der Waals surface area (Å²) in [4.78, 5) is 23.2. The lowest BCUT2D eigenvalue weighted by atomic mass is 10.2. The van der Waals surface area contributed by atoms with E-state index < -0.39 is 29.9 Å². The van der Waals surface area contributed by atoms with E-state index in [1.54, 1.807) is 0 Å². The first-order valence-corrected chi connectivity index (χ1v) is 4.91. The minimum Gasteiger partial charge on any atom is -0.478 e. The van der Waals surface area contributed by atoms with Gasteiger partial charge in [0.2, 0.25) is 5.91 Å². The van der Waals surface area contributed by atoms with E-state index in [0.717, 1.165) is 17.0 Å². The Balaban J connectivity index is 2.51. The second kappa shape index (κ2) is 4.10. The number of carboxylic acid groups (broad SMARTS) is 1. The molecule has 3 N–H and O–H groups in total. The number of anilines is 1. The van der Waals surface area contributed by atoms with Crippen LogP contribution in [0.4, 0.5) is 14.5 Å². The second-order valence-corrected chi connectivity index (χ2v) is 3.67. The highest BCUT2D eigenvalue weighted by molar-refractivity contribution is 6.08. The molecular weight excluding hydrogens is 246 g/mol. The topological polar surface area (TPSA) is 83.6 Å². The van der Waals surface area contributed by atoms with Crippen LogP contribution in [0.1, 0.15) is 6.42 Å². The molecule has 18 heavy (non-hydrogen) atoms. The fourth-order valence-corrected chi connectivity index (χ4v) is 1.70. The van der Waals surface area contributed by atoms with E-state index in [4.69, 9.17) is 10.8 Å². The van der Waals surface area contributed by atoms with Crippen LogP contribution in [0, 0.1) is 11.6 Å². The van der Waals surface area contributed by atoms with Crippen LogP contribution in [0.3, 0.4) is 0 Å². The Labute approximate surface area is 100 Å². The Morgan fingerprint density at radius 3 is 2.56 bits per heavy atom. The van der Waals surface area contributed by atoms with Gasteiger partial charge in [-0.3, -0.25) is 9.69 Å². The zero-order valence-electron chi connectivity index (χ0n) is 8.98. The summed E-state index contributed by atoms with van der Waals surface area (Å²) in [6.45, 7) is 0. The average molecular weight is 254 g/mol. The lowest BCUT2D eigenvalue weighted by Gasteiger charge is -2.18. The van der Waals surface area contributed by atoms with Crippen molar-refractivity contribution in [3.05, 3.63) is 41.2 Å². The van der Waals surface area contributed by atoms with Crippen molar-refractivity contribution < 1.29 is 23.5 Å². The van der Waals surface area contributed by atoms with Crippen LogP contribution in [-0.4, -0.2) is 17.0 Å². The number of carbonyl (C=O) groups excluding carboxylic acids is 1. The zero-order chi connectivity index (χ0) is 13.4. The Morgan fingerprint density at radius 1 is 1.39 bits per heavy atom. The van der Waals surface area contributed by atoms with Crippen LogP contribution >= 0.6 is 0 Å². The van der Waals surface area contributed by atoms with Gasteiger partial charge in [-0.1, -0.05) is 0 Å². The van der Waals surface area contributed by atoms with Gasteiger partial charge in [0, 0.05) is 6.07 Å². The number of halogens is 2. The Kier molecular flexibility index (Phi) is 2.74. The summed E-state index contributed by atoms with van der Waals surface area (Å²) in [6.07, 6.45) is -0.419. The SMILES string of the molecule is NC1=C(C(=O)O)CC(=O)N1c1ccc(F)cc1F. The van der Waals surface area contributed by atoms with E-state index in [2.05, 4.69) is 0 Å². The first-order valence-electron chi connectivity index (χ1n) is 4.91. The second-order valence-electron chi connectivity index (χ2n) is 3.67. The maximum absolute atomic E-state index is 13.5. The molecule has 1 heterocycles. The summed E-state index contributed by atoms with van der Waals surface area (Å²) in [5, 5.41) is 8.81. The van der Waals surface area contributed by atoms with Crippen LogP contribution in [0.15, 0.2) is 29.6 Å². The standard InChI is InChI=1S/C11H8F2N2O3/c12-5-1-2-8(7(13)3-5)15-9(16)4-6(10(15)14)11(17)18/h1-3H,4,14H2,(H,17,18). The molecule has 0 spiro atoms. The van der Waals surface area contributed by atoms with Crippen molar-refractivity contribution in [2.24, 2.45) is 5.73 Å². The summed E-state index contributed by atoms with van der Waals surface area (Å²) < 4.78 is 26.3. The van der Waals surface area contributed by atoms with E-state index in [1.165, 1.54) is 0 Å². The fraction of sp³-hybridized carbons (Fsp3) is 0.0909. The predicted octanol–water partition coefficient (Wildman–Crippen LogP) is 0.956. The van der Waals surface area contributed by atoms with Gasteiger partial charge in [-0.2, -0.15) is 0 Å². The van der Waals surface area contributed by atoms with Crippen molar-refractivity contribution >= 4 is 17.6 Å². The third-order valence-corrected chi connectivity index (χ3v) is 2.54. The molecule has 7 heteroatoms. The van der Waals surface area contributed by atoms with Crippen LogP contribution in [0.25, 0.3) is 0 Å². The molecule has 0 aromatic heterocycles. The van der Waals surface area contributed by atoms with Crippen molar-refractivity contribution in [3.8, 4) is 0 Å². The van der Waals surface area contributed by atoms with Crippen molar-refractivity contribution in [2.75, 3.05) is 4.90 Å². The number of hydrogen-bond acceptors (Lipinski definition) is 3. The Hall–Kier alpha value is -2.44. The maximum Gasteiger partial charge on any atom is 0.335 e. The van der Waals surface area contributed by atoms with Gasteiger partial charge in [0.1, 0.15) is 17.5 Å². The normalized spacial score (nSPS) is 15.4. The zero-order valence-corrected chi connectivity index (χ0v) is 8.98. The molecule has 1 aliphatic rings. The molecule has 5 nitrogen and oxygen atoms in total. The first kappa shape index (κ1) is 12.0. The number of carbonyl (C=O) groups is 2. The predicted molar refractivity (Wildman–Crippen MR) is 57.3 cm³/mol. The number of rotatable bonds is 2. The number of benzene rings is 1. The van der Waals surface area contributed by atoms with Crippen molar-refractivity contribution in [1.29, 1.82) is 0 Å². The van der Waals surface area contributed by atoms with Gasteiger partial charge in [0.25, 0.3) is 0 Å². The van der Waals surface area contributed by atoms with Crippen LogP contribution in [0.2, 0.25) is 0 Å². The number of carboxylic acids is 1. The molecule has 0 saturated carbocycles. The number of amides is 1. The molecule has 0 atom stereocenters. The van der Waals surface area contributed by atoms with Crippen molar-refractivity contribution in [1.82, 2.24) is 0 Å². The lowest BCUT2D eigenvalue weighted by Crippen LogP contribution is -2.29. The van der Waals surface area contributed by atoms with E-state index >= 15 is 0 Å². The molecule has 0 saturated heterocycles. The minimum atomic E-state index is -1.34. The van der Waals surface area contributed by atoms with Crippen LogP contribution < -0.4 is 10.6 Å². The molecule has 1 aromatic rings. The van der Waals surface area contributed by atoms with Gasteiger partial charge >= 0.3 is 5.97 Å². The highest BCUT2D eigenvalue weighted by Gasteiger charge is 2.34. The summed E-state index contributed by atoms with van der Waals surface area (Å²) in [5.74, 6) is -4.15. The Morgan fingerprint density at radius 2 is 2.06 bits per heavy atom. The number of hydrogen-bond donors (Lipinski definition) is 2. The lowest BCUT2D eigenvalue weighted by molar-refractivity contribution is -0.133. The molecule has 0 unspecified atom stereocenters. The van der Waals surface area contributed by atoms with E-state index in [-0.39, 0.29) is 17.1 Å². The molecular formula is C11H8F2N2O3. The number of aliphatic carboxylic acids is 1. The van der Waals surface area contributed by atoms with Crippen LogP contribution in [0.5, 0.6) is 0 Å². The van der Waals surface area contributed by atoms with E-state index in [1.807, 2.05) is 0 Å². The third-order valence-electron chi connectivity index (χ3n) is 2.54. The largest absolute Gasteiger partial charge is 0.478 e. The molecule has 0 radical (unpaired) electrons. The van der Waals surface area contributed by atoms with Crippen LogP contribution in [-0.2, 0) is 9.59 Å². The molecule has 1 aromatic carbocycles. The molecule has 1 amide bonds. The summed E-state index contributed by atoms with van der Waals surface area (Å²) in [7, 11) is 0. The van der Waals surface area contributed by atoms with E-state index in [0.29, 0.717) is 6.07 Å². The van der Waals surface area contributed by atoms with Crippen molar-refractivity contribution in [3.63, 3.8) is 0 Å². The fourth-order valence-electron chi connectivity index (χ4n) is 1.70. The number of nitrogens with zero attached hydrogens (tertiary/aromatic N) is 1. The number of nitrogens with two attached hydrogens (primary N) is 1. The highest BCUT2D eigenvalue weighted by Crippen LogP contribution is 2.29. The van der Waals surface area contributed by atoms with Gasteiger partial charge in [-0.15, -0.1) is 0 Å². The third kappa shape index (κ3) is 1.79. The van der Waals surface area contributed by atoms with Crippen molar-refractivity contribution in [2.45, 2.75) is 6.42 Å². The Bertz CT molecular complexity index is 584. The molecule has 0 fully saturated rings. The summed E-state index contributed by atoms with van der Waals surface area (Å²) in [5.41, 5.74) is 4.93. The van der Waals surface area contributed by atoms with Gasteiger partial charge in [0.05, 0.1) is 17.7 Å². The molecule has 1 aliphatic heterocycles. The smallest absolute Gasteiger partial charge is 0.335 e. The summed E-state index contributed by atoms with van der Waals surface area (Å²) in [6, 6.07) is 2.58. The first-order chi connectivity index (χ1) is 8.41. The molecule has 94 valence electrons. The molecule has 0 aliphatic carbocycles. The quantitative estimate of drug-likeness (QED) is 0.823. The van der Waals surface area contributed by atoms with E-state index in [9.17, 15) is 18.4 Å². The summed E-state index contributed by atoms with van der Waals surface area (Å²) >= 11 is 0. The highest BCUT2D eigenvalue weighted by atomic mass is 19.1. The van der Waals surface area contributed by atoms with Gasteiger partial charge in [-0.05, 0) is 12.1 Å². The van der Waals surface area contributed by atoms with Gasteiger partial charge in [-0.25, -0.2) is 13.6 Å².